The summed E-state index contributed by atoms with van der Waals surface area (Å²) < 4.78 is 24.7. The Morgan fingerprint density at radius 2 is 1.88 bits per heavy atom. The van der Waals surface area contributed by atoms with Crippen molar-refractivity contribution in [3.63, 3.8) is 0 Å². The molecule has 0 amide bonds. The van der Waals surface area contributed by atoms with Crippen LogP contribution in [0.3, 0.4) is 0 Å². The molecular weight excluding hydrogens is 342 g/mol. The van der Waals surface area contributed by atoms with Crippen molar-refractivity contribution in [2.75, 3.05) is 0 Å². The van der Waals surface area contributed by atoms with Gasteiger partial charge in [-0.15, -0.1) is 0 Å². The molecule has 0 aromatic heterocycles. The topological polar surface area (TPSA) is 102 Å². The van der Waals surface area contributed by atoms with Crippen molar-refractivity contribution < 1.29 is 13.3 Å². The zero-order chi connectivity index (χ0) is 18.4. The molecule has 0 radical (unpaired) electrons. The summed E-state index contributed by atoms with van der Waals surface area (Å²) in [6.45, 7) is 3.39. The molecule has 25 heavy (non-hydrogen) atoms. The Morgan fingerprint density at radius 3 is 2.44 bits per heavy atom. The number of rotatable bonds is 7. The monoisotopic (exact) mass is 361 g/mol. The van der Waals surface area contributed by atoms with Crippen LogP contribution in [0.5, 0.6) is 0 Å². The number of sulfonamides is 1. The minimum absolute atomic E-state index is 0.0606. The molecule has 0 atom stereocenters. The van der Waals surface area contributed by atoms with Gasteiger partial charge in [0.2, 0.25) is 0 Å². The van der Waals surface area contributed by atoms with E-state index in [4.69, 9.17) is 0 Å². The maximum atomic E-state index is 12.4. The highest BCUT2D eigenvalue weighted by Gasteiger charge is 2.18. The third-order valence-electron chi connectivity index (χ3n) is 3.66. The number of nitrogens with one attached hydrogen (secondary N) is 1. The van der Waals surface area contributed by atoms with Gasteiger partial charge in [0.1, 0.15) is 0 Å². The van der Waals surface area contributed by atoms with Crippen LogP contribution in [0.1, 0.15) is 24.5 Å². The van der Waals surface area contributed by atoms with E-state index in [9.17, 15) is 18.5 Å². The summed E-state index contributed by atoms with van der Waals surface area (Å²) in [5.41, 5.74) is 1.87. The molecule has 8 heteroatoms. The van der Waals surface area contributed by atoms with E-state index in [-0.39, 0.29) is 16.1 Å². The molecule has 0 saturated heterocycles. The zero-order valence-electron chi connectivity index (χ0n) is 14.0. The first-order valence-corrected chi connectivity index (χ1v) is 9.18. The molecule has 2 rings (SSSR count). The second-order valence-electron chi connectivity index (χ2n) is 5.49. The van der Waals surface area contributed by atoms with E-state index in [0.717, 1.165) is 5.56 Å². The van der Waals surface area contributed by atoms with Gasteiger partial charge in [-0.1, -0.05) is 37.3 Å². The Morgan fingerprint density at radius 1 is 1.20 bits per heavy atom. The summed E-state index contributed by atoms with van der Waals surface area (Å²) in [7, 11) is -3.88. The number of hydrazone groups is 1. The largest absolute Gasteiger partial charge is 0.276 e. The van der Waals surface area contributed by atoms with Crippen molar-refractivity contribution in [1.82, 2.24) is 4.83 Å². The summed E-state index contributed by atoms with van der Waals surface area (Å²) in [6, 6.07) is 13.3. The standard InChI is InChI=1S/C17H19N3O4S/c1-3-15(12-14-7-5-4-6-8-14)18-19-25(23,24)16-9-10-17(20(21)22)13(2)11-16/h4-11,19H,3,12H2,1-2H3/b18-15-. The molecule has 0 saturated carbocycles. The van der Waals surface area contributed by atoms with Gasteiger partial charge in [0.05, 0.1) is 9.82 Å². The molecule has 7 nitrogen and oxygen atoms in total. The lowest BCUT2D eigenvalue weighted by Gasteiger charge is -2.08. The molecule has 0 heterocycles. The predicted octanol–water partition coefficient (Wildman–Crippen LogP) is 3.19. The van der Waals surface area contributed by atoms with Crippen LogP contribution in [0.4, 0.5) is 5.69 Å². The Bertz CT molecular complexity index is 893. The molecular formula is C17H19N3O4S. The van der Waals surface area contributed by atoms with Crippen LogP contribution < -0.4 is 4.83 Å². The number of nitrogens with zero attached hydrogens (tertiary/aromatic N) is 2. The van der Waals surface area contributed by atoms with Crippen LogP contribution >= 0.6 is 0 Å². The van der Waals surface area contributed by atoms with Crippen molar-refractivity contribution in [2.45, 2.75) is 31.6 Å². The van der Waals surface area contributed by atoms with E-state index in [1.165, 1.54) is 25.1 Å². The summed E-state index contributed by atoms with van der Waals surface area (Å²) in [6.07, 6.45) is 1.13. The van der Waals surface area contributed by atoms with Crippen LogP contribution in [0, 0.1) is 17.0 Å². The third kappa shape index (κ3) is 4.87. The first-order chi connectivity index (χ1) is 11.8. The van der Waals surface area contributed by atoms with Crippen LogP contribution in [-0.2, 0) is 16.4 Å². The predicted molar refractivity (Wildman–Crippen MR) is 96.0 cm³/mol. The van der Waals surface area contributed by atoms with E-state index in [2.05, 4.69) is 9.93 Å². The highest BCUT2D eigenvalue weighted by atomic mass is 32.2. The smallest absolute Gasteiger partial charge is 0.258 e. The molecule has 0 fully saturated rings. The second kappa shape index (κ2) is 7.89. The molecule has 0 spiro atoms. The summed E-state index contributed by atoms with van der Waals surface area (Å²) in [5, 5.41) is 14.8. The Hall–Kier alpha value is -2.74. The Balaban J connectivity index is 2.19. The van der Waals surface area contributed by atoms with Gasteiger partial charge in [-0.25, -0.2) is 4.83 Å². The summed E-state index contributed by atoms with van der Waals surface area (Å²) in [4.78, 5) is 12.4. The maximum Gasteiger partial charge on any atom is 0.276 e. The van der Waals surface area contributed by atoms with E-state index >= 15 is 0 Å². The molecule has 2 aromatic carbocycles. The molecule has 0 aliphatic carbocycles. The molecule has 0 aliphatic rings. The fraction of sp³-hybridized carbons (Fsp3) is 0.235. The highest BCUT2D eigenvalue weighted by Crippen LogP contribution is 2.21. The number of nitro benzene ring substituents is 1. The van der Waals surface area contributed by atoms with Gasteiger partial charge in [-0.2, -0.15) is 13.5 Å². The van der Waals surface area contributed by atoms with E-state index in [1.807, 2.05) is 37.3 Å². The van der Waals surface area contributed by atoms with Gasteiger partial charge in [0.15, 0.2) is 0 Å². The van der Waals surface area contributed by atoms with Crippen molar-refractivity contribution >= 4 is 21.4 Å². The first kappa shape index (κ1) is 18.6. The maximum absolute atomic E-state index is 12.4. The highest BCUT2D eigenvalue weighted by molar-refractivity contribution is 7.89. The van der Waals surface area contributed by atoms with Crippen molar-refractivity contribution in [1.29, 1.82) is 0 Å². The minimum Gasteiger partial charge on any atom is -0.258 e. The van der Waals surface area contributed by atoms with Gasteiger partial charge < -0.3 is 0 Å². The molecule has 1 N–H and O–H groups in total. The van der Waals surface area contributed by atoms with Gasteiger partial charge in [0.25, 0.3) is 15.7 Å². The van der Waals surface area contributed by atoms with Crippen LogP contribution in [0.25, 0.3) is 0 Å². The lowest BCUT2D eigenvalue weighted by Crippen LogP contribution is -2.21. The van der Waals surface area contributed by atoms with Gasteiger partial charge in [-0.05, 0) is 31.0 Å². The number of benzene rings is 2. The average molecular weight is 361 g/mol. The fourth-order valence-electron chi connectivity index (χ4n) is 2.25. The minimum atomic E-state index is -3.88. The lowest BCUT2D eigenvalue weighted by atomic mass is 10.1. The SMILES string of the molecule is CC/C(Cc1ccccc1)=N/NS(=O)(=O)c1ccc([N+](=O)[O-])c(C)c1. The summed E-state index contributed by atoms with van der Waals surface area (Å²) in [5.74, 6) is 0. The number of hydrogen-bond donors (Lipinski definition) is 1. The summed E-state index contributed by atoms with van der Waals surface area (Å²) >= 11 is 0. The van der Waals surface area contributed by atoms with Gasteiger partial charge in [-0.3, -0.25) is 10.1 Å². The zero-order valence-corrected chi connectivity index (χ0v) is 14.8. The van der Waals surface area contributed by atoms with Crippen molar-refractivity contribution in [3.8, 4) is 0 Å². The quantitative estimate of drug-likeness (QED) is 0.465. The van der Waals surface area contributed by atoms with Crippen molar-refractivity contribution in [3.05, 3.63) is 69.8 Å². The van der Waals surface area contributed by atoms with E-state index in [0.29, 0.717) is 18.6 Å². The fourth-order valence-corrected chi connectivity index (χ4v) is 3.19. The van der Waals surface area contributed by atoms with E-state index < -0.39 is 14.9 Å². The molecule has 0 unspecified atom stereocenters. The molecule has 0 aliphatic heterocycles. The first-order valence-electron chi connectivity index (χ1n) is 7.69. The van der Waals surface area contributed by atoms with E-state index in [1.54, 1.807) is 0 Å². The third-order valence-corrected chi connectivity index (χ3v) is 4.86. The number of hydrogen-bond acceptors (Lipinski definition) is 5. The Labute approximate surface area is 146 Å². The number of nitro groups is 1. The number of aryl methyl sites for hydroxylation is 1. The molecule has 0 bridgehead atoms. The Kier molecular flexibility index (Phi) is 5.87. The molecule has 132 valence electrons. The normalized spacial score (nSPS) is 12.0. The van der Waals surface area contributed by atoms with Crippen LogP contribution in [0.2, 0.25) is 0 Å². The van der Waals surface area contributed by atoms with Crippen LogP contribution in [0.15, 0.2) is 58.5 Å². The van der Waals surface area contributed by atoms with Gasteiger partial charge >= 0.3 is 0 Å². The van der Waals surface area contributed by atoms with Crippen molar-refractivity contribution in [2.24, 2.45) is 5.10 Å². The van der Waals surface area contributed by atoms with Crippen LogP contribution in [-0.4, -0.2) is 19.1 Å². The van der Waals surface area contributed by atoms with Gasteiger partial charge in [0, 0.05) is 23.8 Å². The second-order valence-corrected chi connectivity index (χ2v) is 7.15. The average Bonchev–Trinajstić information content (AvgIpc) is 2.59. The lowest BCUT2D eigenvalue weighted by molar-refractivity contribution is -0.385. The molecule has 2 aromatic rings.